The van der Waals surface area contributed by atoms with E-state index in [-0.39, 0.29) is 11.4 Å². The highest BCUT2D eigenvalue weighted by Crippen LogP contribution is 2.38. The molecule has 1 N–H and O–H groups in total. The Labute approximate surface area is 143 Å². The number of hydrogen-bond acceptors (Lipinski definition) is 7. The first-order valence-electron chi connectivity index (χ1n) is 7.31. The number of aromatic nitrogens is 3. The maximum atomic E-state index is 11.4. The van der Waals surface area contributed by atoms with E-state index >= 15 is 0 Å². The van der Waals surface area contributed by atoms with Crippen LogP contribution in [0.3, 0.4) is 0 Å². The predicted molar refractivity (Wildman–Crippen MR) is 90.5 cm³/mol. The van der Waals surface area contributed by atoms with Crippen LogP contribution >= 0.6 is 12.2 Å². The molecular weight excluding hydrogens is 334 g/mol. The smallest absolute Gasteiger partial charge is 0.315 e. The highest BCUT2D eigenvalue weighted by molar-refractivity contribution is 7.71. The minimum atomic E-state index is -0.506. The molecule has 0 amide bonds. The van der Waals surface area contributed by atoms with Crippen LogP contribution in [-0.4, -0.2) is 39.2 Å². The zero-order chi connectivity index (χ0) is 17.5. The zero-order valence-electron chi connectivity index (χ0n) is 13.3. The van der Waals surface area contributed by atoms with E-state index in [2.05, 4.69) is 15.3 Å². The summed E-state index contributed by atoms with van der Waals surface area (Å²) in [5, 5.41) is 21.8. The van der Waals surface area contributed by atoms with Gasteiger partial charge in [-0.3, -0.25) is 15.2 Å². The first kappa shape index (κ1) is 17.6. The lowest BCUT2D eigenvalue weighted by molar-refractivity contribution is -0.386. The van der Waals surface area contributed by atoms with Crippen LogP contribution < -0.4 is 9.47 Å². The number of nitrogens with zero attached hydrogens (tertiary/aromatic N) is 4. The Morgan fingerprint density at radius 2 is 2.25 bits per heavy atom. The van der Waals surface area contributed by atoms with Gasteiger partial charge < -0.3 is 9.47 Å². The van der Waals surface area contributed by atoms with E-state index in [4.69, 9.17) is 21.7 Å². The molecule has 128 valence electrons. The quantitative estimate of drug-likeness (QED) is 0.339. The number of ether oxygens (including phenoxy) is 2. The minimum absolute atomic E-state index is 0.126. The van der Waals surface area contributed by atoms with Gasteiger partial charge in [-0.05, 0) is 31.6 Å². The first-order chi connectivity index (χ1) is 11.6. The summed E-state index contributed by atoms with van der Waals surface area (Å²) in [6, 6.07) is 3.01. The Bertz CT molecular complexity index is 799. The van der Waals surface area contributed by atoms with Crippen molar-refractivity contribution in [3.63, 3.8) is 0 Å². The van der Waals surface area contributed by atoms with Crippen LogP contribution in [-0.2, 0) is 0 Å². The van der Waals surface area contributed by atoms with E-state index in [1.807, 2.05) is 6.92 Å². The molecule has 1 aromatic heterocycles. The van der Waals surface area contributed by atoms with E-state index in [0.29, 0.717) is 29.3 Å². The van der Waals surface area contributed by atoms with Gasteiger partial charge in [-0.15, -0.1) is 0 Å². The number of aromatic amines is 1. The van der Waals surface area contributed by atoms with Gasteiger partial charge in [0.15, 0.2) is 5.75 Å². The molecule has 0 saturated heterocycles. The Kier molecular flexibility index (Phi) is 6.01. The third-order valence-electron chi connectivity index (χ3n) is 2.87. The largest absolute Gasteiger partial charge is 0.490 e. The van der Waals surface area contributed by atoms with Crippen molar-refractivity contribution in [2.24, 2.45) is 5.10 Å². The summed E-state index contributed by atoms with van der Waals surface area (Å²) in [5.41, 5.74) is 0.309. The third-order valence-corrected chi connectivity index (χ3v) is 3.15. The van der Waals surface area contributed by atoms with Gasteiger partial charge >= 0.3 is 5.69 Å². The molecule has 2 aromatic rings. The molecule has 0 spiro atoms. The van der Waals surface area contributed by atoms with Crippen LogP contribution in [0.25, 0.3) is 0 Å². The van der Waals surface area contributed by atoms with Crippen molar-refractivity contribution in [1.82, 2.24) is 14.9 Å². The highest BCUT2D eigenvalue weighted by atomic mass is 32.1. The van der Waals surface area contributed by atoms with Crippen molar-refractivity contribution < 1.29 is 14.4 Å². The molecule has 1 heterocycles. The molecule has 0 radical (unpaired) electrons. The second-order valence-corrected chi connectivity index (χ2v) is 5.04. The van der Waals surface area contributed by atoms with Crippen LogP contribution in [0.15, 0.2) is 23.6 Å². The Morgan fingerprint density at radius 3 is 2.83 bits per heavy atom. The average Bonchev–Trinajstić information content (AvgIpc) is 2.96. The van der Waals surface area contributed by atoms with Gasteiger partial charge in [0.1, 0.15) is 6.33 Å². The van der Waals surface area contributed by atoms with Crippen molar-refractivity contribution in [3.8, 4) is 11.5 Å². The Morgan fingerprint density at radius 1 is 1.46 bits per heavy atom. The number of benzene rings is 1. The summed E-state index contributed by atoms with van der Waals surface area (Å²) < 4.78 is 12.6. The Hall–Kier alpha value is -2.75. The molecule has 0 aliphatic rings. The van der Waals surface area contributed by atoms with E-state index in [9.17, 15) is 10.1 Å². The number of nitrogens with one attached hydrogen (secondary N) is 1. The maximum absolute atomic E-state index is 11.4. The van der Waals surface area contributed by atoms with E-state index in [1.165, 1.54) is 23.3 Å². The SMILES string of the molecule is CCCOc1c(OCC)cc(/C=N\n2cn[nH]c2=S)cc1[N+](=O)[O-]. The third kappa shape index (κ3) is 4.16. The lowest BCUT2D eigenvalue weighted by Crippen LogP contribution is -2.04. The standard InChI is InChI=1S/C14H17N5O4S/c1-3-5-23-13-11(19(20)21)6-10(7-12(13)22-4-2)8-16-18-9-15-17-14(18)24/h6-9H,3-5H2,1-2H3,(H,17,24)/b16-8-. The minimum Gasteiger partial charge on any atom is -0.490 e. The number of nitro groups is 1. The van der Waals surface area contributed by atoms with Crippen LogP contribution in [0, 0.1) is 14.9 Å². The van der Waals surface area contributed by atoms with Crippen LogP contribution in [0.1, 0.15) is 25.8 Å². The maximum Gasteiger partial charge on any atom is 0.315 e. The molecular formula is C14H17N5O4S. The second kappa shape index (κ2) is 8.20. The molecule has 1 aromatic carbocycles. The lowest BCUT2D eigenvalue weighted by atomic mass is 10.2. The predicted octanol–water partition coefficient (Wildman–Crippen LogP) is 2.92. The van der Waals surface area contributed by atoms with Gasteiger partial charge in [0.05, 0.1) is 24.4 Å². The van der Waals surface area contributed by atoms with Crippen LogP contribution in [0.4, 0.5) is 5.69 Å². The summed E-state index contributed by atoms with van der Waals surface area (Å²) >= 11 is 4.98. The summed E-state index contributed by atoms with van der Waals surface area (Å²) in [6.45, 7) is 4.42. The van der Waals surface area contributed by atoms with Gasteiger partial charge in [-0.25, -0.2) is 0 Å². The van der Waals surface area contributed by atoms with Gasteiger partial charge in [-0.2, -0.15) is 14.9 Å². The summed E-state index contributed by atoms with van der Waals surface area (Å²) in [5.74, 6) is 0.429. The fourth-order valence-corrected chi connectivity index (χ4v) is 2.03. The van der Waals surface area contributed by atoms with Crippen molar-refractivity contribution in [2.75, 3.05) is 13.2 Å². The van der Waals surface area contributed by atoms with Gasteiger partial charge in [-0.1, -0.05) is 6.92 Å². The summed E-state index contributed by atoms with van der Waals surface area (Å²) in [7, 11) is 0. The molecule has 0 bridgehead atoms. The number of rotatable bonds is 8. The fraction of sp³-hybridized carbons (Fsp3) is 0.357. The average molecular weight is 351 g/mol. The van der Waals surface area contributed by atoms with E-state index in [1.54, 1.807) is 13.0 Å². The zero-order valence-corrected chi connectivity index (χ0v) is 14.1. The molecule has 24 heavy (non-hydrogen) atoms. The molecule has 0 fully saturated rings. The molecule has 0 atom stereocenters. The molecule has 0 aliphatic heterocycles. The van der Waals surface area contributed by atoms with Crippen molar-refractivity contribution >= 4 is 24.1 Å². The number of hydrogen-bond donors (Lipinski definition) is 1. The Balaban J connectivity index is 2.45. The van der Waals surface area contributed by atoms with E-state index < -0.39 is 4.92 Å². The van der Waals surface area contributed by atoms with Gasteiger partial charge in [0, 0.05) is 11.6 Å². The highest BCUT2D eigenvalue weighted by Gasteiger charge is 2.22. The van der Waals surface area contributed by atoms with Crippen LogP contribution in [0.5, 0.6) is 11.5 Å². The monoisotopic (exact) mass is 351 g/mol. The van der Waals surface area contributed by atoms with Gasteiger partial charge in [0.2, 0.25) is 10.5 Å². The first-order valence-corrected chi connectivity index (χ1v) is 7.72. The molecule has 10 heteroatoms. The molecule has 9 nitrogen and oxygen atoms in total. The molecule has 2 rings (SSSR count). The van der Waals surface area contributed by atoms with Crippen molar-refractivity contribution in [1.29, 1.82) is 0 Å². The topological polar surface area (TPSA) is 108 Å². The summed E-state index contributed by atoms with van der Waals surface area (Å²) in [4.78, 5) is 10.9. The van der Waals surface area contributed by atoms with Crippen LogP contribution in [0.2, 0.25) is 0 Å². The molecule has 0 saturated carbocycles. The van der Waals surface area contributed by atoms with Crippen molar-refractivity contribution in [3.05, 3.63) is 38.9 Å². The normalized spacial score (nSPS) is 10.9. The summed E-state index contributed by atoms with van der Waals surface area (Å²) in [6.07, 6.45) is 3.56. The second-order valence-electron chi connectivity index (χ2n) is 4.66. The molecule has 0 unspecified atom stereocenters. The van der Waals surface area contributed by atoms with Gasteiger partial charge in [0.25, 0.3) is 0 Å². The fourth-order valence-electron chi connectivity index (χ4n) is 1.88. The number of H-pyrrole nitrogens is 1. The van der Waals surface area contributed by atoms with Crippen molar-refractivity contribution in [2.45, 2.75) is 20.3 Å². The lowest BCUT2D eigenvalue weighted by Gasteiger charge is -2.12. The number of nitro benzene ring substituents is 1. The molecule has 0 aliphatic carbocycles. The van der Waals surface area contributed by atoms with E-state index in [0.717, 1.165) is 6.42 Å².